The molecule has 1 saturated carbocycles. The van der Waals surface area contributed by atoms with E-state index in [1.165, 1.54) is 43.1 Å². The number of pyridine rings is 1. The molecule has 0 saturated heterocycles. The monoisotopic (exact) mass is 819 g/mol. The van der Waals surface area contributed by atoms with Gasteiger partial charge in [-0.25, -0.2) is 4.98 Å². The summed E-state index contributed by atoms with van der Waals surface area (Å²) < 4.78 is 8.83. The van der Waals surface area contributed by atoms with E-state index in [4.69, 9.17) is 14.7 Å². The summed E-state index contributed by atoms with van der Waals surface area (Å²) in [7, 11) is 0. The molecule has 5 aromatic rings. The van der Waals surface area contributed by atoms with Crippen LogP contribution in [0.1, 0.15) is 95.9 Å². The molecule has 1 aliphatic heterocycles. The first-order valence-corrected chi connectivity index (χ1v) is 17.3. The largest absolute Gasteiger partial charge is 2.00 e. The van der Waals surface area contributed by atoms with Gasteiger partial charge in [0.2, 0.25) is 0 Å². The molecular weight excluding hydrogens is 772 g/mol. The second-order valence-corrected chi connectivity index (χ2v) is 15.6. The van der Waals surface area contributed by atoms with Crippen LogP contribution in [-0.4, -0.2) is 37.4 Å². The molecule has 0 radical (unpaired) electrons. The topological polar surface area (TPSA) is 42.6 Å². The van der Waals surface area contributed by atoms with Gasteiger partial charge in [-0.05, 0) is 82.0 Å². The normalized spacial score (nSPS) is 19.9. The summed E-state index contributed by atoms with van der Waals surface area (Å²) in [6.07, 6.45) is 8.15. The Morgan fingerprint density at radius 2 is 1.52 bits per heavy atom. The van der Waals surface area contributed by atoms with Gasteiger partial charge in [-0.1, -0.05) is 82.3 Å². The van der Waals surface area contributed by atoms with Crippen LogP contribution in [0.5, 0.6) is 11.5 Å². The van der Waals surface area contributed by atoms with E-state index in [1.807, 2.05) is 18.3 Å². The summed E-state index contributed by atoms with van der Waals surface area (Å²) in [6.45, 7) is 20.5. The second-order valence-electron chi connectivity index (χ2n) is 15.6. The predicted molar refractivity (Wildman–Crippen MR) is 194 cm³/mol. The van der Waals surface area contributed by atoms with Crippen LogP contribution in [0.25, 0.3) is 27.6 Å². The fourth-order valence-electron chi connectivity index (χ4n) is 8.10. The number of ether oxygens (including phenoxy) is 1. The van der Waals surface area contributed by atoms with Crippen LogP contribution in [0.15, 0.2) is 65.8 Å². The van der Waals surface area contributed by atoms with Crippen molar-refractivity contribution in [1.29, 1.82) is 0 Å². The van der Waals surface area contributed by atoms with Gasteiger partial charge < -0.3 is 19.2 Å². The summed E-state index contributed by atoms with van der Waals surface area (Å²) in [5, 5.41) is 2.31. The molecule has 2 aromatic heterocycles. The van der Waals surface area contributed by atoms with Crippen LogP contribution in [0.3, 0.4) is 0 Å². The van der Waals surface area contributed by atoms with Crippen LogP contribution >= 0.6 is 0 Å². The maximum absolute atomic E-state index is 6.64. The van der Waals surface area contributed by atoms with E-state index in [-0.39, 0.29) is 37.6 Å². The number of nitrogens with zero attached hydrogens (tertiary/aromatic N) is 4. The third kappa shape index (κ3) is 5.70. The molecule has 2 aliphatic rings. The van der Waals surface area contributed by atoms with Crippen molar-refractivity contribution in [3.05, 3.63) is 95.2 Å². The Labute approximate surface area is 301 Å². The third-order valence-electron chi connectivity index (χ3n) is 11.1. The molecule has 0 N–H and O–H groups in total. The van der Waals surface area contributed by atoms with E-state index in [1.54, 1.807) is 0 Å². The molecule has 0 spiro atoms. The zero-order valence-corrected chi connectivity index (χ0v) is 32.2. The molecule has 1 fully saturated rings. The van der Waals surface area contributed by atoms with Crippen LogP contribution in [0.2, 0.25) is 0 Å². The third-order valence-corrected chi connectivity index (χ3v) is 11.1. The van der Waals surface area contributed by atoms with Crippen LogP contribution in [0.4, 0.5) is 0 Å². The summed E-state index contributed by atoms with van der Waals surface area (Å²) in [4.78, 5) is 13.0. The van der Waals surface area contributed by atoms with Crippen molar-refractivity contribution in [1.82, 2.24) is 14.5 Å². The van der Waals surface area contributed by atoms with E-state index in [0.717, 1.165) is 44.8 Å². The minimum atomic E-state index is -0.278. The van der Waals surface area contributed by atoms with E-state index < -0.39 is 0 Å². The smallest absolute Gasteiger partial charge is 0.503 e. The van der Waals surface area contributed by atoms with Crippen molar-refractivity contribution in [3.63, 3.8) is 0 Å². The van der Waals surface area contributed by atoms with Crippen LogP contribution in [0, 0.1) is 38.3 Å². The maximum Gasteiger partial charge on any atom is 2.00 e. The Kier molecular flexibility index (Phi) is 8.95. The summed E-state index contributed by atoms with van der Waals surface area (Å²) in [6, 6.07) is 27.0. The molecule has 0 bridgehead atoms. The molecule has 252 valence electrons. The summed E-state index contributed by atoms with van der Waals surface area (Å²) in [5.41, 5.74) is 6.09. The molecule has 0 amide bonds. The van der Waals surface area contributed by atoms with E-state index in [0.29, 0.717) is 17.5 Å². The number of aliphatic imine (C=N–C) groups is 1. The van der Waals surface area contributed by atoms with Crippen LogP contribution in [-0.2, 0) is 21.1 Å². The number of fused-ring (bicyclic) bond motifs is 3. The number of benzene rings is 3. The molecule has 6 heteroatoms. The number of hydrogen-bond donors (Lipinski definition) is 0. The van der Waals surface area contributed by atoms with Crippen molar-refractivity contribution in [3.8, 4) is 17.3 Å². The molecule has 3 heterocycles. The van der Waals surface area contributed by atoms with E-state index in [9.17, 15) is 0 Å². The van der Waals surface area contributed by atoms with Gasteiger partial charge in [0.15, 0.2) is 0 Å². The molecule has 3 aromatic carbocycles. The quantitative estimate of drug-likeness (QED) is 0.166. The second kappa shape index (κ2) is 12.5. The number of aromatic nitrogens is 2. The van der Waals surface area contributed by atoms with E-state index >= 15 is 0 Å². The molecule has 0 unspecified atom stereocenters. The maximum atomic E-state index is 6.64. The van der Waals surface area contributed by atoms with Crippen molar-refractivity contribution in [2.75, 3.05) is 0 Å². The van der Waals surface area contributed by atoms with Gasteiger partial charge in [0.1, 0.15) is 5.82 Å². The van der Waals surface area contributed by atoms with Crippen LogP contribution < -0.4 is 4.74 Å². The standard InChI is InChI=1S/C42H48N4O.Pt/c1-27-15-18-36-35(23-27)34-17-16-32(26-37(34)45(36)38-24-28(2)19-20-43-38)47-33-22-29(3)21-30(25-33)39-44-42(9,40(4,5)6)41(7,8)46(39)31-13-11-10-12-14-31;/h15-24,31H,10-14H2,1-9H3;/q-2;+2/t42-;/m1./s1. The van der Waals surface area contributed by atoms with Gasteiger partial charge in [0, 0.05) is 35.1 Å². The number of amidine groups is 1. The molecule has 5 nitrogen and oxygen atoms in total. The molecule has 1 aliphatic carbocycles. The average molecular weight is 820 g/mol. The van der Waals surface area contributed by atoms with E-state index in [2.05, 4.69) is 126 Å². The fraction of sp³-hybridized carbons (Fsp3) is 0.429. The predicted octanol–water partition coefficient (Wildman–Crippen LogP) is 10.5. The first-order valence-electron chi connectivity index (χ1n) is 17.3. The Morgan fingerprint density at radius 1 is 0.792 bits per heavy atom. The van der Waals surface area contributed by atoms with Gasteiger partial charge in [-0.15, -0.1) is 34.7 Å². The number of hydrogen-bond acceptors (Lipinski definition) is 4. The summed E-state index contributed by atoms with van der Waals surface area (Å²) >= 11 is 0. The average Bonchev–Trinajstić information content (AvgIpc) is 3.44. The zero-order chi connectivity index (χ0) is 33.3. The van der Waals surface area contributed by atoms with Crippen molar-refractivity contribution in [2.24, 2.45) is 10.4 Å². The fourth-order valence-corrected chi connectivity index (χ4v) is 8.10. The Morgan fingerprint density at radius 3 is 2.23 bits per heavy atom. The van der Waals surface area contributed by atoms with Gasteiger partial charge in [0.05, 0.1) is 11.1 Å². The van der Waals surface area contributed by atoms with Gasteiger partial charge in [-0.3, -0.25) is 0 Å². The van der Waals surface area contributed by atoms with Gasteiger partial charge in [-0.2, -0.15) is 6.07 Å². The molecule has 48 heavy (non-hydrogen) atoms. The van der Waals surface area contributed by atoms with Crippen molar-refractivity contribution >= 4 is 27.6 Å². The SMILES string of the molecule is Cc1cc(Oc2[c-]c3c(cc2)c2cc(C)ccc2n3-c2cc(C)ccn2)[c-]c(C2=N[C@](C)(C(C)(C)C)C(C)(C)N2C2CCCCC2)c1.[Pt+2]. The number of aryl methyl sites for hydroxylation is 3. The first kappa shape index (κ1) is 34.4. The van der Waals surface area contributed by atoms with Crippen molar-refractivity contribution in [2.45, 2.75) is 112 Å². The summed E-state index contributed by atoms with van der Waals surface area (Å²) in [5.74, 6) is 3.25. The van der Waals surface area contributed by atoms with Crippen molar-refractivity contribution < 1.29 is 25.8 Å². The molecule has 7 rings (SSSR count). The Bertz CT molecular complexity index is 2030. The molecule has 1 atom stereocenters. The first-order chi connectivity index (χ1) is 22.3. The Balaban J connectivity index is 0.00000401. The Hall–Kier alpha value is -3.43. The zero-order valence-electron chi connectivity index (χ0n) is 29.9. The number of rotatable bonds is 5. The molecular formula is C42H48N4OPt. The van der Waals surface area contributed by atoms with Gasteiger partial charge in [0.25, 0.3) is 0 Å². The minimum absolute atomic E-state index is 0. The van der Waals surface area contributed by atoms with Gasteiger partial charge >= 0.3 is 21.1 Å². The minimum Gasteiger partial charge on any atom is -0.503 e.